The Morgan fingerprint density at radius 1 is 1.12 bits per heavy atom. The summed E-state index contributed by atoms with van der Waals surface area (Å²) in [6.07, 6.45) is 0. The largest absolute Gasteiger partial charge is 0.345 e. The van der Waals surface area contributed by atoms with Crippen molar-refractivity contribution in [1.29, 1.82) is 0 Å². The SMILES string of the molecule is Cc1n[nH]c(C)c1SN1CCN(c2nc(-c3ccc(F)cc3)cs2)CC1. The van der Waals surface area contributed by atoms with Crippen molar-refractivity contribution in [3.63, 3.8) is 0 Å². The molecule has 0 spiro atoms. The summed E-state index contributed by atoms with van der Waals surface area (Å²) in [5.74, 6) is -0.221. The van der Waals surface area contributed by atoms with E-state index in [0.717, 1.165) is 54.0 Å². The molecule has 3 heterocycles. The van der Waals surface area contributed by atoms with Crippen LogP contribution in [0, 0.1) is 19.7 Å². The van der Waals surface area contributed by atoms with Gasteiger partial charge in [-0.1, -0.05) is 0 Å². The molecule has 1 aliphatic rings. The van der Waals surface area contributed by atoms with Crippen LogP contribution in [0.4, 0.5) is 9.52 Å². The lowest BCUT2D eigenvalue weighted by molar-refractivity contribution is 0.429. The predicted molar refractivity (Wildman–Crippen MR) is 105 cm³/mol. The zero-order chi connectivity index (χ0) is 18.1. The Morgan fingerprint density at radius 3 is 2.50 bits per heavy atom. The van der Waals surface area contributed by atoms with Crippen LogP contribution in [0.1, 0.15) is 11.4 Å². The van der Waals surface area contributed by atoms with Crippen molar-refractivity contribution in [2.45, 2.75) is 18.7 Å². The lowest BCUT2D eigenvalue weighted by Gasteiger charge is -2.33. The Balaban J connectivity index is 1.38. The number of benzene rings is 1. The van der Waals surface area contributed by atoms with Crippen LogP contribution >= 0.6 is 23.3 Å². The average Bonchev–Trinajstić information content (AvgIpc) is 3.26. The van der Waals surface area contributed by atoms with E-state index in [-0.39, 0.29) is 5.82 Å². The molecule has 1 fully saturated rings. The zero-order valence-electron chi connectivity index (χ0n) is 14.7. The summed E-state index contributed by atoms with van der Waals surface area (Å²) >= 11 is 3.43. The van der Waals surface area contributed by atoms with Gasteiger partial charge in [0.1, 0.15) is 5.82 Å². The number of aromatic nitrogens is 3. The Bertz CT molecular complexity index is 862. The molecule has 1 N–H and O–H groups in total. The van der Waals surface area contributed by atoms with Crippen LogP contribution in [0.2, 0.25) is 0 Å². The fraction of sp³-hybridized carbons (Fsp3) is 0.333. The molecule has 1 saturated heterocycles. The third-order valence-electron chi connectivity index (χ3n) is 4.42. The maximum atomic E-state index is 13.1. The monoisotopic (exact) mass is 389 g/mol. The number of halogens is 1. The molecule has 2 aromatic heterocycles. The lowest BCUT2D eigenvalue weighted by atomic mass is 10.2. The highest BCUT2D eigenvalue weighted by atomic mass is 32.2. The number of H-pyrrole nitrogens is 1. The quantitative estimate of drug-likeness (QED) is 0.680. The third-order valence-corrected chi connectivity index (χ3v) is 6.73. The molecule has 0 aliphatic carbocycles. The van der Waals surface area contributed by atoms with Crippen molar-refractivity contribution in [2.75, 3.05) is 31.1 Å². The van der Waals surface area contributed by atoms with Gasteiger partial charge >= 0.3 is 0 Å². The van der Waals surface area contributed by atoms with E-state index in [4.69, 9.17) is 4.98 Å². The summed E-state index contributed by atoms with van der Waals surface area (Å²) in [5, 5.41) is 10.4. The molecule has 5 nitrogen and oxygen atoms in total. The molecule has 0 atom stereocenters. The van der Waals surface area contributed by atoms with E-state index in [1.165, 1.54) is 17.0 Å². The summed E-state index contributed by atoms with van der Waals surface area (Å²) in [6, 6.07) is 6.50. The Kier molecular flexibility index (Phi) is 4.97. The second-order valence-corrected chi connectivity index (χ2v) is 8.24. The summed E-state index contributed by atoms with van der Waals surface area (Å²) in [4.78, 5) is 8.30. The predicted octanol–water partition coefficient (Wildman–Crippen LogP) is 4.12. The van der Waals surface area contributed by atoms with E-state index >= 15 is 0 Å². The van der Waals surface area contributed by atoms with Crippen LogP contribution in [0.5, 0.6) is 0 Å². The summed E-state index contributed by atoms with van der Waals surface area (Å²) < 4.78 is 15.5. The summed E-state index contributed by atoms with van der Waals surface area (Å²) in [6.45, 7) is 7.93. The number of hydrogen-bond acceptors (Lipinski definition) is 6. The highest BCUT2D eigenvalue weighted by Crippen LogP contribution is 2.31. The van der Waals surface area contributed by atoms with E-state index in [1.807, 2.05) is 12.3 Å². The van der Waals surface area contributed by atoms with E-state index in [1.54, 1.807) is 35.4 Å². The van der Waals surface area contributed by atoms with Gasteiger partial charge in [0, 0.05) is 42.8 Å². The molecule has 0 radical (unpaired) electrons. The highest BCUT2D eigenvalue weighted by molar-refractivity contribution is 7.97. The lowest BCUT2D eigenvalue weighted by Crippen LogP contribution is -2.43. The van der Waals surface area contributed by atoms with Gasteiger partial charge in [-0.25, -0.2) is 13.7 Å². The van der Waals surface area contributed by atoms with Gasteiger partial charge in [-0.05, 0) is 50.1 Å². The number of piperazine rings is 1. The number of nitrogens with one attached hydrogen (secondary N) is 1. The number of aryl methyl sites for hydroxylation is 2. The molecular formula is C18H20FN5S2. The number of thiazole rings is 1. The molecule has 1 aromatic carbocycles. The zero-order valence-corrected chi connectivity index (χ0v) is 16.3. The van der Waals surface area contributed by atoms with Crippen LogP contribution in [0.25, 0.3) is 11.3 Å². The molecule has 1 aliphatic heterocycles. The van der Waals surface area contributed by atoms with Crippen molar-refractivity contribution < 1.29 is 4.39 Å². The molecule has 4 rings (SSSR count). The van der Waals surface area contributed by atoms with Crippen molar-refractivity contribution in [3.05, 3.63) is 46.9 Å². The minimum Gasteiger partial charge on any atom is -0.345 e. The second-order valence-electron chi connectivity index (χ2n) is 6.29. The van der Waals surface area contributed by atoms with Gasteiger partial charge in [0.05, 0.1) is 16.3 Å². The molecular weight excluding hydrogens is 369 g/mol. The second kappa shape index (κ2) is 7.38. The number of rotatable bonds is 4. The van der Waals surface area contributed by atoms with Crippen molar-refractivity contribution in [2.24, 2.45) is 0 Å². The average molecular weight is 390 g/mol. The van der Waals surface area contributed by atoms with Crippen LogP contribution in [0.3, 0.4) is 0 Å². The third kappa shape index (κ3) is 3.62. The van der Waals surface area contributed by atoms with Crippen LogP contribution < -0.4 is 4.90 Å². The molecule has 136 valence electrons. The molecule has 0 saturated carbocycles. The van der Waals surface area contributed by atoms with Crippen molar-refractivity contribution in [1.82, 2.24) is 19.5 Å². The van der Waals surface area contributed by atoms with E-state index in [0.29, 0.717) is 0 Å². The summed E-state index contributed by atoms with van der Waals surface area (Å²) in [7, 11) is 0. The van der Waals surface area contributed by atoms with Gasteiger partial charge in [0.2, 0.25) is 0 Å². The first-order valence-corrected chi connectivity index (χ1v) is 10.2. The molecule has 26 heavy (non-hydrogen) atoms. The molecule has 0 bridgehead atoms. The number of aromatic amines is 1. The summed E-state index contributed by atoms with van der Waals surface area (Å²) in [5.41, 5.74) is 4.04. The van der Waals surface area contributed by atoms with Gasteiger partial charge in [0.25, 0.3) is 0 Å². The fourth-order valence-corrected chi connectivity index (χ4v) is 4.79. The standard InChI is InChI=1S/C18H20FN5S2/c1-12-17(13(2)22-21-12)26-24-9-7-23(8-10-24)18-20-16(11-25-18)14-3-5-15(19)6-4-14/h3-6,11H,7-10H2,1-2H3,(H,21,22). The van der Waals surface area contributed by atoms with E-state index in [2.05, 4.69) is 26.3 Å². The Morgan fingerprint density at radius 2 is 1.85 bits per heavy atom. The smallest absolute Gasteiger partial charge is 0.185 e. The van der Waals surface area contributed by atoms with Crippen molar-refractivity contribution in [3.8, 4) is 11.3 Å². The van der Waals surface area contributed by atoms with Crippen LogP contribution in [-0.4, -0.2) is 45.7 Å². The Hall–Kier alpha value is -1.90. The van der Waals surface area contributed by atoms with Gasteiger partial charge < -0.3 is 4.90 Å². The van der Waals surface area contributed by atoms with E-state index in [9.17, 15) is 4.39 Å². The van der Waals surface area contributed by atoms with E-state index < -0.39 is 0 Å². The van der Waals surface area contributed by atoms with Crippen LogP contribution in [-0.2, 0) is 0 Å². The first-order valence-electron chi connectivity index (χ1n) is 8.51. The molecule has 8 heteroatoms. The van der Waals surface area contributed by atoms with Crippen molar-refractivity contribution >= 4 is 28.4 Å². The minimum absolute atomic E-state index is 0.221. The maximum Gasteiger partial charge on any atom is 0.185 e. The first kappa shape index (κ1) is 17.5. The topological polar surface area (TPSA) is 48.1 Å². The van der Waals surface area contributed by atoms with Gasteiger partial charge in [-0.15, -0.1) is 11.3 Å². The van der Waals surface area contributed by atoms with Crippen LogP contribution in [0.15, 0.2) is 34.5 Å². The molecule has 0 unspecified atom stereocenters. The fourth-order valence-electron chi connectivity index (χ4n) is 2.94. The van der Waals surface area contributed by atoms with Gasteiger partial charge in [0.15, 0.2) is 5.13 Å². The highest BCUT2D eigenvalue weighted by Gasteiger charge is 2.22. The molecule has 0 amide bonds. The van der Waals surface area contributed by atoms with Gasteiger partial charge in [-0.2, -0.15) is 5.10 Å². The maximum absolute atomic E-state index is 13.1. The molecule has 3 aromatic rings. The minimum atomic E-state index is -0.221. The van der Waals surface area contributed by atoms with Gasteiger partial charge in [-0.3, -0.25) is 5.10 Å². The first-order chi connectivity index (χ1) is 12.6. The number of anilines is 1. The normalized spacial score (nSPS) is 15.6. The Labute approximate surface area is 160 Å². The number of nitrogens with zero attached hydrogens (tertiary/aromatic N) is 4. The number of hydrogen-bond donors (Lipinski definition) is 1.